The minimum atomic E-state index is -4.78. The number of nitrogens with zero attached hydrogens (tertiary/aromatic N) is 4. The number of ether oxygens (including phenoxy) is 1. The molecule has 0 atom stereocenters. The van der Waals surface area contributed by atoms with E-state index in [0.717, 1.165) is 42.6 Å². The highest BCUT2D eigenvalue weighted by Gasteiger charge is 2.35. The standard InChI is InChI=1S/C30H39F4N7O4S/c1-19(9-14-41(4)46(6,43)44)7-8-20(2)17-35-27-23(30(32,33)34)18-36-29(39-27)38-25-16-24(31)22(15-26(25)45-5)28(42)37-21-10-12-40(3)13-11-21/h7-9,15-16,18,21H,2,10-14,17H2,1,3-6H3,(H,37,42)(H2,35,36,38,39)/b8-7-,19-9-. The lowest BCUT2D eigenvalue weighted by Gasteiger charge is -2.29. The number of alkyl halides is 3. The van der Waals surface area contributed by atoms with Gasteiger partial charge in [-0.05, 0) is 51.5 Å². The van der Waals surface area contributed by atoms with Crippen LogP contribution >= 0.6 is 0 Å². The number of piperidine rings is 1. The highest BCUT2D eigenvalue weighted by atomic mass is 32.2. The second kappa shape index (κ2) is 15.5. The van der Waals surface area contributed by atoms with Crippen molar-refractivity contribution in [1.82, 2.24) is 24.5 Å². The molecule has 16 heteroatoms. The number of hydrogen-bond acceptors (Lipinski definition) is 9. The van der Waals surface area contributed by atoms with Crippen molar-refractivity contribution in [3.63, 3.8) is 0 Å². The number of aromatic nitrogens is 2. The maximum Gasteiger partial charge on any atom is 0.421 e. The SMILES string of the molecule is C=C(/C=C\C(C)=C/CN(C)S(C)(=O)=O)CNc1nc(Nc2cc(F)c(C(=O)NC3CCN(C)CC3)cc2OC)ncc1C(F)(F)F. The molecule has 0 unspecified atom stereocenters. The van der Waals surface area contributed by atoms with Gasteiger partial charge in [-0.1, -0.05) is 30.4 Å². The molecule has 11 nitrogen and oxygen atoms in total. The quantitative estimate of drug-likeness (QED) is 0.208. The van der Waals surface area contributed by atoms with E-state index in [9.17, 15) is 26.4 Å². The Morgan fingerprint density at radius 1 is 1.24 bits per heavy atom. The lowest BCUT2D eigenvalue weighted by molar-refractivity contribution is -0.137. The zero-order valence-electron chi connectivity index (χ0n) is 26.3. The van der Waals surface area contributed by atoms with Gasteiger partial charge in [0.1, 0.15) is 22.9 Å². The van der Waals surface area contributed by atoms with Crippen molar-refractivity contribution < 1.29 is 35.5 Å². The van der Waals surface area contributed by atoms with E-state index in [-0.39, 0.29) is 42.1 Å². The number of hydrogen-bond donors (Lipinski definition) is 3. The van der Waals surface area contributed by atoms with Crippen LogP contribution in [0.4, 0.5) is 35.0 Å². The van der Waals surface area contributed by atoms with Gasteiger partial charge in [0.15, 0.2) is 0 Å². The van der Waals surface area contributed by atoms with Crippen molar-refractivity contribution in [3.8, 4) is 5.75 Å². The molecule has 2 heterocycles. The first kappa shape index (κ1) is 36.4. The second-order valence-corrected chi connectivity index (χ2v) is 13.1. The summed E-state index contributed by atoms with van der Waals surface area (Å²) in [6.45, 7) is 7.21. The minimum Gasteiger partial charge on any atom is -0.495 e. The average molecular weight is 670 g/mol. The van der Waals surface area contributed by atoms with Crippen LogP contribution in [0.15, 0.2) is 54.3 Å². The van der Waals surface area contributed by atoms with Crippen molar-refractivity contribution in [2.75, 3.05) is 64.3 Å². The van der Waals surface area contributed by atoms with Gasteiger partial charge in [-0.25, -0.2) is 22.1 Å². The fourth-order valence-electron chi connectivity index (χ4n) is 4.30. The molecule has 3 N–H and O–H groups in total. The third-order valence-electron chi connectivity index (χ3n) is 7.23. The number of carbonyl (C=O) groups excluding carboxylic acids is 1. The van der Waals surface area contributed by atoms with E-state index in [0.29, 0.717) is 17.3 Å². The molecule has 0 spiro atoms. The molecule has 1 aromatic carbocycles. The molecule has 1 fully saturated rings. The molecule has 1 amide bonds. The van der Waals surface area contributed by atoms with E-state index >= 15 is 4.39 Å². The molecule has 1 aliphatic rings. The predicted octanol–water partition coefficient (Wildman–Crippen LogP) is 4.57. The molecule has 0 saturated carbocycles. The monoisotopic (exact) mass is 669 g/mol. The van der Waals surface area contributed by atoms with Crippen molar-refractivity contribution >= 4 is 33.4 Å². The molecule has 0 bridgehead atoms. The number of nitrogens with one attached hydrogen (secondary N) is 3. The summed E-state index contributed by atoms with van der Waals surface area (Å²) in [5, 5.41) is 8.13. The van der Waals surface area contributed by atoms with E-state index in [1.54, 1.807) is 25.2 Å². The van der Waals surface area contributed by atoms with Crippen molar-refractivity contribution in [2.45, 2.75) is 32.0 Å². The molecule has 1 saturated heterocycles. The molecule has 1 aliphatic heterocycles. The van der Waals surface area contributed by atoms with Crippen LogP contribution in [-0.4, -0.2) is 93.2 Å². The van der Waals surface area contributed by atoms with Crippen LogP contribution < -0.4 is 20.7 Å². The first-order valence-electron chi connectivity index (χ1n) is 14.2. The Morgan fingerprint density at radius 2 is 1.91 bits per heavy atom. The van der Waals surface area contributed by atoms with Crippen LogP contribution in [-0.2, 0) is 16.2 Å². The smallest absolute Gasteiger partial charge is 0.421 e. The number of likely N-dealkylation sites (N-methyl/N-ethyl adjacent to an activating group) is 1. The number of sulfonamides is 1. The second-order valence-electron chi connectivity index (χ2n) is 11.0. The Bertz CT molecular complexity index is 1590. The maximum absolute atomic E-state index is 15.1. The molecule has 1 aromatic heterocycles. The van der Waals surface area contributed by atoms with Gasteiger partial charge >= 0.3 is 6.18 Å². The largest absolute Gasteiger partial charge is 0.495 e. The third kappa shape index (κ3) is 10.5. The third-order valence-corrected chi connectivity index (χ3v) is 8.51. The van der Waals surface area contributed by atoms with Crippen LogP contribution in [0.3, 0.4) is 0 Å². The Morgan fingerprint density at radius 3 is 2.52 bits per heavy atom. The van der Waals surface area contributed by atoms with Gasteiger partial charge in [0.05, 0.1) is 24.6 Å². The maximum atomic E-state index is 15.1. The normalized spacial score (nSPS) is 15.3. The molecular formula is C30H39F4N7O4S. The van der Waals surface area contributed by atoms with Crippen LogP contribution in [0.2, 0.25) is 0 Å². The Balaban J connectivity index is 1.75. The van der Waals surface area contributed by atoms with E-state index < -0.39 is 39.3 Å². The highest BCUT2D eigenvalue weighted by Crippen LogP contribution is 2.35. The summed E-state index contributed by atoms with van der Waals surface area (Å²) in [4.78, 5) is 22.7. The first-order chi connectivity index (χ1) is 21.5. The Labute approximate surface area is 266 Å². The van der Waals surface area contributed by atoms with Gasteiger partial charge in [0.2, 0.25) is 16.0 Å². The fraction of sp³-hybridized carbons (Fsp3) is 0.433. The van der Waals surface area contributed by atoms with Gasteiger partial charge in [-0.15, -0.1) is 0 Å². The summed E-state index contributed by atoms with van der Waals surface area (Å²) in [6, 6.07) is 2.10. The zero-order chi connectivity index (χ0) is 34.2. The zero-order valence-corrected chi connectivity index (χ0v) is 27.1. The molecular weight excluding hydrogens is 630 g/mol. The summed E-state index contributed by atoms with van der Waals surface area (Å²) in [6.07, 6.45) is 3.26. The summed E-state index contributed by atoms with van der Waals surface area (Å²) in [7, 11) is 1.38. The van der Waals surface area contributed by atoms with Crippen LogP contribution in [0.1, 0.15) is 35.7 Å². The predicted molar refractivity (Wildman–Crippen MR) is 169 cm³/mol. The summed E-state index contributed by atoms with van der Waals surface area (Å²) in [5.74, 6) is -2.25. The van der Waals surface area contributed by atoms with Crippen molar-refractivity contribution in [3.05, 3.63) is 71.2 Å². The van der Waals surface area contributed by atoms with Crippen LogP contribution in [0.5, 0.6) is 5.75 Å². The molecule has 0 radical (unpaired) electrons. The number of carbonyl (C=O) groups is 1. The highest BCUT2D eigenvalue weighted by molar-refractivity contribution is 7.88. The lowest BCUT2D eigenvalue weighted by atomic mass is 10.0. The average Bonchev–Trinajstić information content (AvgIpc) is 2.98. The molecule has 46 heavy (non-hydrogen) atoms. The van der Waals surface area contributed by atoms with E-state index in [1.807, 2.05) is 7.05 Å². The van der Waals surface area contributed by atoms with Gasteiger partial charge in [0, 0.05) is 38.4 Å². The lowest BCUT2D eigenvalue weighted by Crippen LogP contribution is -2.43. The Kier molecular flexibility index (Phi) is 12.3. The van der Waals surface area contributed by atoms with Crippen LogP contribution in [0, 0.1) is 5.82 Å². The van der Waals surface area contributed by atoms with Gasteiger partial charge in [-0.3, -0.25) is 4.79 Å². The topological polar surface area (TPSA) is 129 Å². The fourth-order valence-corrected chi connectivity index (χ4v) is 4.64. The van der Waals surface area contributed by atoms with Crippen molar-refractivity contribution in [1.29, 1.82) is 0 Å². The van der Waals surface area contributed by atoms with Gasteiger partial charge < -0.3 is 25.6 Å². The number of rotatable bonds is 13. The molecule has 2 aromatic rings. The molecule has 252 valence electrons. The van der Waals surface area contributed by atoms with Crippen LogP contribution in [0.25, 0.3) is 0 Å². The number of amides is 1. The number of allylic oxidation sites excluding steroid dienone is 2. The number of halogens is 4. The number of methoxy groups -OCH3 is 1. The van der Waals surface area contributed by atoms with Gasteiger partial charge in [0.25, 0.3) is 5.91 Å². The number of likely N-dealkylation sites (tertiary alicyclic amines) is 1. The Hall–Kier alpha value is -4.02. The minimum absolute atomic E-state index is 0.00215. The summed E-state index contributed by atoms with van der Waals surface area (Å²) >= 11 is 0. The van der Waals surface area contributed by atoms with E-state index in [4.69, 9.17) is 4.74 Å². The van der Waals surface area contributed by atoms with Crippen molar-refractivity contribution in [2.24, 2.45) is 0 Å². The molecule has 3 rings (SSSR count). The summed E-state index contributed by atoms with van der Waals surface area (Å²) in [5.41, 5.74) is -0.251. The molecule has 0 aliphatic carbocycles. The van der Waals surface area contributed by atoms with E-state index in [1.165, 1.54) is 20.2 Å². The summed E-state index contributed by atoms with van der Waals surface area (Å²) < 4.78 is 85.9. The van der Waals surface area contributed by atoms with Gasteiger partial charge in [-0.2, -0.15) is 18.2 Å². The first-order valence-corrected chi connectivity index (χ1v) is 16.1. The number of benzene rings is 1. The number of anilines is 3. The van der Waals surface area contributed by atoms with E-state index in [2.05, 4.69) is 37.4 Å².